The third kappa shape index (κ3) is 6.08. The first-order valence-corrected chi connectivity index (χ1v) is 16.5. The van der Waals surface area contributed by atoms with E-state index in [1.807, 2.05) is 36.4 Å². The number of amides is 1. The van der Waals surface area contributed by atoms with Gasteiger partial charge in [-0.3, -0.25) is 19.8 Å². The average molecular weight is 630 g/mol. The normalized spacial score (nSPS) is 15.6. The maximum atomic E-state index is 14.8. The lowest BCUT2D eigenvalue weighted by molar-refractivity contribution is -0.119. The summed E-state index contributed by atoms with van der Waals surface area (Å²) in [5.74, 6) is 0.329. The first-order valence-electron chi connectivity index (χ1n) is 16.5. The minimum absolute atomic E-state index is 0.0600. The fourth-order valence-electron chi connectivity index (χ4n) is 7.00. The van der Waals surface area contributed by atoms with E-state index < -0.39 is 0 Å². The van der Waals surface area contributed by atoms with Crippen molar-refractivity contribution in [1.29, 1.82) is 0 Å². The summed E-state index contributed by atoms with van der Waals surface area (Å²) in [5, 5.41) is 12.5. The van der Waals surface area contributed by atoms with Gasteiger partial charge >= 0.3 is 0 Å². The van der Waals surface area contributed by atoms with Crippen molar-refractivity contribution in [1.82, 2.24) is 30.0 Å². The van der Waals surface area contributed by atoms with Gasteiger partial charge < -0.3 is 15.0 Å². The van der Waals surface area contributed by atoms with Crippen molar-refractivity contribution < 1.29 is 13.9 Å². The molecule has 2 aliphatic rings. The Balaban J connectivity index is 1.08. The predicted octanol–water partition coefficient (Wildman–Crippen LogP) is 7.58. The van der Waals surface area contributed by atoms with Gasteiger partial charge in [0.05, 0.1) is 23.3 Å². The largest absolute Gasteiger partial charge is 0.492 e. The van der Waals surface area contributed by atoms with E-state index in [-0.39, 0.29) is 17.6 Å². The molecule has 1 aliphatic heterocycles. The van der Waals surface area contributed by atoms with E-state index in [1.165, 1.54) is 18.9 Å². The number of nitrogens with one attached hydrogen (secondary N) is 3. The fraction of sp³-hybridized carbons (Fsp3) is 0.297. The number of fused-ring (bicyclic) bond motifs is 2. The monoisotopic (exact) mass is 629 g/mol. The van der Waals surface area contributed by atoms with Crippen molar-refractivity contribution in [2.75, 3.05) is 31.6 Å². The third-order valence-corrected chi connectivity index (χ3v) is 9.47. The highest BCUT2D eigenvalue weighted by Crippen LogP contribution is 2.36. The highest BCUT2D eigenvalue weighted by molar-refractivity contribution is 6.01. The minimum Gasteiger partial charge on any atom is -0.492 e. The lowest BCUT2D eigenvalue weighted by Crippen LogP contribution is -2.25. The number of carbonyl (C=O) groups excluding carboxylic acids is 1. The van der Waals surface area contributed by atoms with E-state index in [9.17, 15) is 9.18 Å². The fourth-order valence-corrected chi connectivity index (χ4v) is 7.00. The predicted molar refractivity (Wildman–Crippen MR) is 182 cm³/mol. The molecule has 1 amide bonds. The van der Waals surface area contributed by atoms with Crippen molar-refractivity contribution in [3.05, 3.63) is 79.0 Å². The number of carbonyl (C=O) groups is 1. The van der Waals surface area contributed by atoms with Crippen molar-refractivity contribution in [2.45, 2.75) is 38.5 Å². The number of ether oxygens (including phenoxy) is 1. The van der Waals surface area contributed by atoms with Crippen LogP contribution in [-0.4, -0.2) is 62.2 Å². The van der Waals surface area contributed by atoms with Gasteiger partial charge in [0.1, 0.15) is 18.2 Å². The molecule has 8 rings (SSSR count). The van der Waals surface area contributed by atoms with Crippen LogP contribution in [0.3, 0.4) is 0 Å². The Morgan fingerprint density at radius 2 is 1.79 bits per heavy atom. The van der Waals surface area contributed by atoms with Crippen LogP contribution in [-0.2, 0) is 4.79 Å². The van der Waals surface area contributed by atoms with Crippen LogP contribution >= 0.6 is 0 Å². The number of aromatic amines is 2. The van der Waals surface area contributed by atoms with E-state index in [0.29, 0.717) is 23.7 Å². The maximum Gasteiger partial charge on any atom is 0.227 e. The smallest absolute Gasteiger partial charge is 0.227 e. The summed E-state index contributed by atoms with van der Waals surface area (Å²) in [4.78, 5) is 27.6. The molecule has 1 saturated heterocycles. The molecule has 0 bridgehead atoms. The Kier molecular flexibility index (Phi) is 7.86. The number of aromatic nitrogens is 5. The quantitative estimate of drug-likeness (QED) is 0.152. The van der Waals surface area contributed by atoms with Gasteiger partial charge in [0, 0.05) is 58.3 Å². The number of anilines is 1. The molecule has 1 saturated carbocycles. The van der Waals surface area contributed by atoms with Crippen LogP contribution < -0.4 is 10.1 Å². The van der Waals surface area contributed by atoms with Gasteiger partial charge in [-0.1, -0.05) is 25.0 Å². The van der Waals surface area contributed by atoms with Gasteiger partial charge in [-0.25, -0.2) is 9.37 Å². The zero-order valence-corrected chi connectivity index (χ0v) is 26.1. The van der Waals surface area contributed by atoms with E-state index in [0.717, 1.165) is 95.2 Å². The molecule has 3 N–H and O–H groups in total. The van der Waals surface area contributed by atoms with Gasteiger partial charge in [-0.2, -0.15) is 5.10 Å². The van der Waals surface area contributed by atoms with Gasteiger partial charge in [0.2, 0.25) is 5.91 Å². The molecular weight excluding hydrogens is 593 g/mol. The summed E-state index contributed by atoms with van der Waals surface area (Å²) in [6.45, 7) is 3.57. The molecule has 2 aromatic carbocycles. The Bertz CT molecular complexity index is 2070. The lowest BCUT2D eigenvalue weighted by atomic mass is 10.0. The summed E-state index contributed by atoms with van der Waals surface area (Å²) in [7, 11) is 0. The molecule has 2 fully saturated rings. The van der Waals surface area contributed by atoms with E-state index in [2.05, 4.69) is 41.4 Å². The van der Waals surface area contributed by atoms with Crippen molar-refractivity contribution in [3.63, 3.8) is 0 Å². The van der Waals surface area contributed by atoms with Crippen LogP contribution in [0.25, 0.3) is 55.6 Å². The second-order valence-electron chi connectivity index (χ2n) is 12.6. The molecule has 238 valence electrons. The number of hydrogen-bond acceptors (Lipinski definition) is 6. The number of nitrogens with zero attached hydrogens (tertiary/aromatic N) is 4. The molecule has 47 heavy (non-hydrogen) atoms. The summed E-state index contributed by atoms with van der Waals surface area (Å²) >= 11 is 0. The Morgan fingerprint density at radius 1 is 0.936 bits per heavy atom. The van der Waals surface area contributed by atoms with Crippen molar-refractivity contribution in [3.8, 4) is 39.4 Å². The Morgan fingerprint density at radius 3 is 2.66 bits per heavy atom. The molecule has 0 unspecified atom stereocenters. The van der Waals surface area contributed by atoms with E-state index in [4.69, 9.17) is 4.74 Å². The molecule has 0 spiro atoms. The maximum absolute atomic E-state index is 14.8. The molecule has 4 aromatic heterocycles. The van der Waals surface area contributed by atoms with Crippen LogP contribution in [0.2, 0.25) is 0 Å². The zero-order chi connectivity index (χ0) is 31.7. The first-order chi connectivity index (χ1) is 23.1. The number of benzene rings is 2. The van der Waals surface area contributed by atoms with Crippen LogP contribution in [0.4, 0.5) is 10.1 Å². The zero-order valence-electron chi connectivity index (χ0n) is 26.1. The van der Waals surface area contributed by atoms with Gasteiger partial charge in [-0.15, -0.1) is 0 Å². The molecule has 0 radical (unpaired) electrons. The molecule has 5 heterocycles. The van der Waals surface area contributed by atoms with E-state index in [1.54, 1.807) is 24.7 Å². The van der Waals surface area contributed by atoms with Gasteiger partial charge in [0.15, 0.2) is 5.65 Å². The Hall–Kier alpha value is -5.09. The summed E-state index contributed by atoms with van der Waals surface area (Å²) in [5.41, 5.74) is 7.16. The number of pyridine rings is 2. The topological polar surface area (TPSA) is 112 Å². The van der Waals surface area contributed by atoms with Crippen LogP contribution in [0.15, 0.2) is 73.2 Å². The summed E-state index contributed by atoms with van der Waals surface area (Å²) in [6, 6.07) is 16.9. The number of hydrogen-bond donors (Lipinski definition) is 3. The lowest BCUT2D eigenvalue weighted by Gasteiger charge is -2.15. The number of H-pyrrole nitrogens is 2. The second-order valence-corrected chi connectivity index (χ2v) is 12.6. The van der Waals surface area contributed by atoms with E-state index >= 15 is 0 Å². The molecule has 10 heteroatoms. The number of halogens is 1. The third-order valence-electron chi connectivity index (χ3n) is 9.47. The summed E-state index contributed by atoms with van der Waals surface area (Å²) in [6.07, 6.45) is 11.8. The molecule has 1 aliphatic carbocycles. The molecule has 9 nitrogen and oxygen atoms in total. The number of likely N-dealkylation sites (tertiary alicyclic amines) is 1. The first kappa shape index (κ1) is 29.3. The number of rotatable bonds is 9. The Labute approximate surface area is 271 Å². The summed E-state index contributed by atoms with van der Waals surface area (Å²) < 4.78 is 20.8. The average Bonchev–Trinajstić information content (AvgIpc) is 3.91. The van der Waals surface area contributed by atoms with Crippen LogP contribution in [0, 0.1) is 11.7 Å². The molecule has 0 atom stereocenters. The van der Waals surface area contributed by atoms with Crippen LogP contribution in [0.5, 0.6) is 5.75 Å². The second kappa shape index (κ2) is 12.6. The standard InChI is InChI=1S/C37H36FN7O2/c38-27-14-24(16-29(18-27)47-13-12-45-10-3-4-11-45)30-8-5-9-33-31(30)19-34(42-33)35-32-17-26(21-40-36(32)44-43-35)25-15-28(22-39-20-25)41-37(46)23-6-1-2-7-23/h5,8-9,14-23,42H,1-4,6-7,10-13H2,(H,41,46)(H,40,43,44). The highest BCUT2D eigenvalue weighted by Gasteiger charge is 2.23. The minimum atomic E-state index is -0.332. The van der Waals surface area contributed by atoms with Crippen LogP contribution in [0.1, 0.15) is 38.5 Å². The van der Waals surface area contributed by atoms with Gasteiger partial charge in [0.25, 0.3) is 0 Å². The molecular formula is C37H36FN7O2. The van der Waals surface area contributed by atoms with Crippen molar-refractivity contribution >= 4 is 33.5 Å². The highest BCUT2D eigenvalue weighted by atomic mass is 19.1. The van der Waals surface area contributed by atoms with Gasteiger partial charge in [-0.05, 0) is 86.3 Å². The van der Waals surface area contributed by atoms with Crippen molar-refractivity contribution in [2.24, 2.45) is 5.92 Å². The SMILES string of the molecule is O=C(Nc1cncc(-c2cnc3n[nH]c(-c4cc5c(-c6cc(F)cc(OCCN7CCCC7)c6)cccc5[nH]4)c3c2)c1)C1CCCC1. The molecule has 6 aromatic rings.